The Labute approximate surface area is 381 Å². The lowest BCUT2D eigenvalue weighted by molar-refractivity contribution is 0.394. The Morgan fingerprint density at radius 2 is 1.25 bits per heavy atom. The van der Waals surface area contributed by atoms with Gasteiger partial charge in [0.1, 0.15) is 0 Å². The normalized spacial score (nSPS) is 16.5. The molecule has 0 aliphatic heterocycles. The molecule has 0 saturated heterocycles. The summed E-state index contributed by atoms with van der Waals surface area (Å²) >= 11 is 0. The minimum absolute atomic E-state index is 0.0229. The first-order valence-corrected chi connectivity index (χ1v) is 22.6. The van der Waals surface area contributed by atoms with Crippen molar-refractivity contribution in [1.29, 1.82) is 0 Å². The van der Waals surface area contributed by atoms with Crippen LogP contribution in [0.4, 0.5) is 0 Å². The molecule has 11 rings (SSSR count). The maximum Gasteiger partial charge on any atom is 0.0716 e. The van der Waals surface area contributed by atoms with Gasteiger partial charge in [-0.3, -0.25) is 9.98 Å². The minimum atomic E-state index is 0.0229. The van der Waals surface area contributed by atoms with Gasteiger partial charge in [0.2, 0.25) is 0 Å². The van der Waals surface area contributed by atoms with Gasteiger partial charge < -0.3 is 4.57 Å². The molecule has 1 heterocycles. The van der Waals surface area contributed by atoms with Gasteiger partial charge in [-0.2, -0.15) is 0 Å². The number of nitrogens with zero attached hydrogens (tertiary/aromatic N) is 3. The fourth-order valence-corrected chi connectivity index (χ4v) is 10.5. The SMILES string of the molecule is C=N/C(=C\C(=NCc1cc(-c2ccccc2)cc(-n2c3ccccc3c3cccc(-c4ccccc4-c4ccc5c(c4)C(C)(C)C4C=CC=CC54)c32)c1)c1ccccc1)c1ccccc1. The van der Waals surface area contributed by atoms with Crippen molar-refractivity contribution in [1.82, 2.24) is 4.57 Å². The van der Waals surface area contributed by atoms with Crippen LogP contribution in [0, 0.1) is 5.92 Å². The first-order valence-electron chi connectivity index (χ1n) is 22.6. The van der Waals surface area contributed by atoms with Crippen molar-refractivity contribution in [3.63, 3.8) is 0 Å². The second kappa shape index (κ2) is 16.7. The monoisotopic (exact) mass is 835 g/mol. The summed E-state index contributed by atoms with van der Waals surface area (Å²) in [5.41, 5.74) is 18.3. The molecular formula is C62H49N3. The van der Waals surface area contributed by atoms with Crippen LogP contribution in [0.1, 0.15) is 47.6 Å². The second-order valence-corrected chi connectivity index (χ2v) is 17.8. The number of para-hydroxylation sites is 2. The summed E-state index contributed by atoms with van der Waals surface area (Å²) < 4.78 is 2.48. The number of rotatable bonds is 10. The predicted octanol–water partition coefficient (Wildman–Crippen LogP) is 15.6. The van der Waals surface area contributed by atoms with Gasteiger partial charge >= 0.3 is 0 Å². The smallest absolute Gasteiger partial charge is 0.0716 e. The average molecular weight is 836 g/mol. The number of hydrogen-bond acceptors (Lipinski definition) is 2. The molecule has 9 aromatic rings. The first-order chi connectivity index (χ1) is 32.0. The fourth-order valence-electron chi connectivity index (χ4n) is 10.5. The van der Waals surface area contributed by atoms with Crippen molar-refractivity contribution in [3.05, 3.63) is 252 Å². The van der Waals surface area contributed by atoms with E-state index in [1.807, 2.05) is 24.3 Å². The van der Waals surface area contributed by atoms with Crippen LogP contribution in [0.25, 0.3) is 66.6 Å². The number of hydrogen-bond donors (Lipinski definition) is 0. The third-order valence-corrected chi connectivity index (χ3v) is 13.7. The van der Waals surface area contributed by atoms with Crippen LogP contribution in [0.5, 0.6) is 0 Å². The van der Waals surface area contributed by atoms with Crippen molar-refractivity contribution in [2.75, 3.05) is 0 Å². The van der Waals surface area contributed by atoms with Crippen LogP contribution in [-0.2, 0) is 12.0 Å². The molecule has 3 heteroatoms. The van der Waals surface area contributed by atoms with Gasteiger partial charge in [-0.05, 0) is 98.5 Å². The molecule has 2 aliphatic rings. The summed E-state index contributed by atoms with van der Waals surface area (Å²) in [7, 11) is 0. The zero-order valence-electron chi connectivity index (χ0n) is 36.8. The summed E-state index contributed by atoms with van der Waals surface area (Å²) in [6, 6.07) is 70.0. The average Bonchev–Trinajstić information content (AvgIpc) is 3.83. The van der Waals surface area contributed by atoms with Crippen LogP contribution >= 0.6 is 0 Å². The summed E-state index contributed by atoms with van der Waals surface area (Å²) in [6.45, 7) is 9.23. The molecule has 2 atom stereocenters. The molecule has 3 nitrogen and oxygen atoms in total. The van der Waals surface area contributed by atoms with Crippen LogP contribution in [0.15, 0.2) is 234 Å². The zero-order chi connectivity index (χ0) is 43.9. The van der Waals surface area contributed by atoms with Gasteiger partial charge in [0, 0.05) is 33.5 Å². The number of benzene rings is 8. The Morgan fingerprint density at radius 3 is 2.03 bits per heavy atom. The molecule has 0 radical (unpaired) electrons. The van der Waals surface area contributed by atoms with E-state index in [2.05, 4.69) is 230 Å². The van der Waals surface area contributed by atoms with Gasteiger partial charge in [-0.25, -0.2) is 0 Å². The predicted molar refractivity (Wildman–Crippen MR) is 275 cm³/mol. The highest BCUT2D eigenvalue weighted by molar-refractivity contribution is 6.15. The third-order valence-electron chi connectivity index (χ3n) is 13.7. The number of fused-ring (bicyclic) bond motifs is 6. The van der Waals surface area contributed by atoms with E-state index in [9.17, 15) is 0 Å². The van der Waals surface area contributed by atoms with Crippen molar-refractivity contribution in [2.45, 2.75) is 31.7 Å². The number of aromatic nitrogens is 1. The minimum Gasteiger partial charge on any atom is -0.309 e. The van der Waals surface area contributed by atoms with E-state index in [1.54, 1.807) is 0 Å². The first kappa shape index (κ1) is 39.9. The number of allylic oxidation sites excluding steroid dienone is 5. The van der Waals surface area contributed by atoms with E-state index in [4.69, 9.17) is 4.99 Å². The van der Waals surface area contributed by atoms with Gasteiger partial charge in [0.15, 0.2) is 0 Å². The standard InChI is InChI=1S/C62H49N3/c1-62(2)56-32-17-15-28-51(56)52-35-34-46(39-57(52)62)49-26-13-14-27-50(49)54-30-19-31-55-53-29-16-18-33-60(53)65(61(54)55)48-37-42(36-47(38-48)43-20-7-4-8-21-43)41-64-59(45-24-11-6-12-25-45)40-58(63-3)44-22-9-5-10-23-44/h4-40,51,56H,3,41H2,1-2H3/b58-40-,64-59?. The maximum absolute atomic E-state index is 5.36. The third kappa shape index (κ3) is 7.20. The Bertz CT molecular complexity index is 3380. The molecule has 8 aromatic carbocycles. The van der Waals surface area contributed by atoms with Crippen LogP contribution in [-0.4, -0.2) is 17.0 Å². The quantitative estimate of drug-likeness (QED) is 0.123. The second-order valence-electron chi connectivity index (χ2n) is 17.8. The molecule has 0 spiro atoms. The summed E-state index contributed by atoms with van der Waals surface area (Å²) in [5, 5.41) is 2.44. The van der Waals surface area contributed by atoms with Gasteiger partial charge in [-0.15, -0.1) is 0 Å². The van der Waals surface area contributed by atoms with Crippen LogP contribution in [0.3, 0.4) is 0 Å². The molecule has 1 aromatic heterocycles. The van der Waals surface area contributed by atoms with Gasteiger partial charge in [0.25, 0.3) is 0 Å². The van der Waals surface area contributed by atoms with Crippen molar-refractivity contribution < 1.29 is 0 Å². The Balaban J connectivity index is 1.10. The van der Waals surface area contributed by atoms with Crippen LogP contribution < -0.4 is 0 Å². The molecule has 2 unspecified atom stereocenters. The maximum atomic E-state index is 5.36. The Morgan fingerprint density at radius 1 is 0.585 bits per heavy atom. The highest BCUT2D eigenvalue weighted by atomic mass is 15.0. The Hall–Kier alpha value is -7.88. The molecular weight excluding hydrogens is 787 g/mol. The molecule has 2 aliphatic carbocycles. The fraction of sp³-hybridized carbons (Fsp3) is 0.0968. The van der Waals surface area contributed by atoms with Crippen molar-refractivity contribution in [3.8, 4) is 39.1 Å². The van der Waals surface area contributed by atoms with Gasteiger partial charge in [0.05, 0.1) is 29.0 Å². The van der Waals surface area contributed by atoms with E-state index >= 15 is 0 Å². The summed E-state index contributed by atoms with van der Waals surface area (Å²) in [6.07, 6.45) is 11.3. The van der Waals surface area contributed by atoms with E-state index < -0.39 is 0 Å². The molecule has 65 heavy (non-hydrogen) atoms. The largest absolute Gasteiger partial charge is 0.309 e. The van der Waals surface area contributed by atoms with E-state index in [0.29, 0.717) is 18.4 Å². The lowest BCUT2D eigenvalue weighted by Crippen LogP contribution is -2.24. The molecule has 0 bridgehead atoms. The highest BCUT2D eigenvalue weighted by Gasteiger charge is 2.44. The molecule has 312 valence electrons. The molecule has 0 amide bonds. The summed E-state index contributed by atoms with van der Waals surface area (Å²) in [4.78, 5) is 9.82. The Kier molecular flexibility index (Phi) is 10.2. The zero-order valence-corrected chi connectivity index (χ0v) is 36.8. The van der Waals surface area contributed by atoms with Crippen molar-refractivity contribution in [2.24, 2.45) is 15.9 Å². The van der Waals surface area contributed by atoms with E-state index in [1.165, 1.54) is 49.7 Å². The van der Waals surface area contributed by atoms with E-state index in [-0.39, 0.29) is 5.41 Å². The molecule has 0 N–H and O–H groups in total. The van der Waals surface area contributed by atoms with Crippen LogP contribution in [0.2, 0.25) is 0 Å². The molecule has 0 saturated carbocycles. The summed E-state index contributed by atoms with van der Waals surface area (Å²) in [5.74, 6) is 0.871. The lowest BCUT2D eigenvalue weighted by Gasteiger charge is -2.29. The topological polar surface area (TPSA) is 29.6 Å². The van der Waals surface area contributed by atoms with Gasteiger partial charge in [-0.1, -0.05) is 208 Å². The van der Waals surface area contributed by atoms with E-state index in [0.717, 1.165) is 50.4 Å². The lowest BCUT2D eigenvalue weighted by atomic mass is 9.74. The highest BCUT2D eigenvalue weighted by Crippen LogP contribution is 2.54. The number of aliphatic imine (C=N–C) groups is 2. The van der Waals surface area contributed by atoms with Crippen molar-refractivity contribution >= 4 is 39.9 Å². The molecule has 0 fully saturated rings.